The largest absolute Gasteiger partial charge is 0.361 e. The zero-order chi connectivity index (χ0) is 15.6. The van der Waals surface area contributed by atoms with Crippen LogP contribution in [-0.2, 0) is 0 Å². The van der Waals surface area contributed by atoms with Gasteiger partial charge in [-0.3, -0.25) is 0 Å². The molecule has 0 saturated heterocycles. The molecule has 0 spiro atoms. The molecule has 4 aromatic rings. The van der Waals surface area contributed by atoms with E-state index in [0.717, 1.165) is 32.7 Å². The maximum absolute atomic E-state index is 9.74. The summed E-state index contributed by atoms with van der Waals surface area (Å²) < 4.78 is 0. The molecule has 0 radical (unpaired) electrons. The lowest BCUT2D eigenvalue weighted by Crippen LogP contribution is -2.06. The second-order valence-corrected chi connectivity index (χ2v) is 5.50. The number of nitrogens with zero attached hydrogens (tertiary/aromatic N) is 2. The molecule has 4 rings (SSSR count). The van der Waals surface area contributed by atoms with E-state index < -0.39 is 0 Å². The third-order valence-electron chi connectivity index (χ3n) is 4.19. The number of hydrogen-bond donors (Lipinski definition) is 0. The summed E-state index contributed by atoms with van der Waals surface area (Å²) in [7, 11) is 0. The third kappa shape index (κ3) is 2.22. The zero-order valence-electron chi connectivity index (χ0n) is 12.5. The first-order valence-electron chi connectivity index (χ1n) is 7.57. The quantitative estimate of drug-likeness (QED) is 0.281. The van der Waals surface area contributed by atoms with Crippen molar-refractivity contribution < 1.29 is 4.79 Å². The Morgan fingerprint density at radius 2 is 1.00 bits per heavy atom. The van der Waals surface area contributed by atoms with Gasteiger partial charge in [0.15, 0.2) is 0 Å². The van der Waals surface area contributed by atoms with Crippen molar-refractivity contribution in [1.82, 2.24) is 0 Å². The highest BCUT2D eigenvalue weighted by Gasteiger charge is 2.20. The molecule has 0 atom stereocenters. The summed E-state index contributed by atoms with van der Waals surface area (Å²) in [5.41, 5.74) is 12.2. The molecule has 2 nitrogen and oxygen atoms in total. The van der Waals surface area contributed by atoms with Gasteiger partial charge < -0.3 is 5.53 Å². The molecule has 4 aromatic carbocycles. The highest BCUT2D eigenvalue weighted by Crippen LogP contribution is 2.25. The van der Waals surface area contributed by atoms with Gasteiger partial charge in [-0.15, -0.1) is 0 Å². The van der Waals surface area contributed by atoms with Crippen molar-refractivity contribution in [3.05, 3.63) is 102 Å². The summed E-state index contributed by atoms with van der Waals surface area (Å²) in [4.78, 5) is 3.65. The molecule has 0 unspecified atom stereocenters. The van der Waals surface area contributed by atoms with Gasteiger partial charge in [-0.25, -0.2) is 0 Å². The maximum Gasteiger partial charge on any atom is 0.330 e. The van der Waals surface area contributed by atoms with Crippen molar-refractivity contribution in [3.8, 4) is 0 Å². The monoisotopic (exact) mass is 294 g/mol. The van der Waals surface area contributed by atoms with Gasteiger partial charge in [-0.1, -0.05) is 72.8 Å². The zero-order valence-corrected chi connectivity index (χ0v) is 12.5. The Bertz CT molecular complexity index is 981. The van der Waals surface area contributed by atoms with E-state index >= 15 is 0 Å². The van der Waals surface area contributed by atoms with Crippen molar-refractivity contribution in [2.24, 2.45) is 0 Å². The molecule has 0 heterocycles. The fourth-order valence-corrected chi connectivity index (χ4v) is 3.12. The van der Waals surface area contributed by atoms with Gasteiger partial charge in [0.05, 0.1) is 11.1 Å². The van der Waals surface area contributed by atoms with E-state index in [1.807, 2.05) is 48.5 Å². The summed E-state index contributed by atoms with van der Waals surface area (Å²) in [5, 5.41) is 4.42. The van der Waals surface area contributed by atoms with Gasteiger partial charge in [-0.05, 0) is 33.7 Å². The average molecular weight is 294 g/mol. The van der Waals surface area contributed by atoms with E-state index in [0.29, 0.717) is 5.71 Å². The molecule has 0 fully saturated rings. The topological polar surface area (TPSA) is 36.4 Å². The second kappa shape index (κ2) is 5.53. The Hall–Kier alpha value is -3.22. The van der Waals surface area contributed by atoms with Crippen LogP contribution < -0.4 is 0 Å². The molecule has 0 bridgehead atoms. The Labute approximate surface area is 134 Å². The first-order chi connectivity index (χ1) is 11.4. The van der Waals surface area contributed by atoms with E-state index in [9.17, 15) is 5.53 Å². The normalized spacial score (nSPS) is 10.6. The molecule has 0 aliphatic heterocycles. The minimum absolute atomic E-state index is 0.596. The lowest BCUT2D eigenvalue weighted by Gasteiger charge is -2.06. The van der Waals surface area contributed by atoms with Gasteiger partial charge in [-0.2, -0.15) is 4.79 Å². The first-order valence-corrected chi connectivity index (χ1v) is 7.57. The van der Waals surface area contributed by atoms with Gasteiger partial charge >= 0.3 is 5.71 Å². The van der Waals surface area contributed by atoms with Gasteiger partial charge in [0.2, 0.25) is 0 Å². The lowest BCUT2D eigenvalue weighted by atomic mass is 9.93. The molecule has 0 N–H and O–H groups in total. The fourth-order valence-electron chi connectivity index (χ4n) is 3.12. The molecule has 0 amide bonds. The van der Waals surface area contributed by atoms with Gasteiger partial charge in [0, 0.05) is 0 Å². The first kappa shape index (κ1) is 13.4. The summed E-state index contributed by atoms with van der Waals surface area (Å²) >= 11 is 0. The third-order valence-corrected chi connectivity index (χ3v) is 4.19. The average Bonchev–Trinajstić information content (AvgIpc) is 2.63. The maximum atomic E-state index is 9.74. The van der Waals surface area contributed by atoms with Crippen LogP contribution in [0.5, 0.6) is 0 Å². The Morgan fingerprint density at radius 3 is 1.48 bits per heavy atom. The van der Waals surface area contributed by atoms with Crippen LogP contribution in [0.1, 0.15) is 11.1 Å². The van der Waals surface area contributed by atoms with Crippen molar-refractivity contribution >= 4 is 27.3 Å². The van der Waals surface area contributed by atoms with E-state index in [1.54, 1.807) is 0 Å². The number of benzene rings is 4. The summed E-state index contributed by atoms with van der Waals surface area (Å²) in [6.45, 7) is 0. The van der Waals surface area contributed by atoms with E-state index in [1.165, 1.54) is 0 Å². The summed E-state index contributed by atoms with van der Waals surface area (Å²) in [6.07, 6.45) is 0. The number of fused-ring (bicyclic) bond motifs is 2. The van der Waals surface area contributed by atoms with Crippen LogP contribution in [-0.4, -0.2) is 10.5 Å². The SMILES string of the molecule is [N-]=[N+]=C(c1cccc2ccccc12)c1cccc2ccccc12. The van der Waals surface area contributed by atoms with Crippen molar-refractivity contribution in [2.75, 3.05) is 0 Å². The van der Waals surface area contributed by atoms with Crippen LogP contribution >= 0.6 is 0 Å². The second-order valence-electron chi connectivity index (χ2n) is 5.50. The van der Waals surface area contributed by atoms with E-state index in [2.05, 4.69) is 41.2 Å². The standard InChI is InChI=1S/C21H14N2/c22-23-21(19-13-5-9-15-7-1-3-11-17(15)19)20-14-6-10-16-8-2-4-12-18(16)20/h1-14H. The van der Waals surface area contributed by atoms with E-state index in [4.69, 9.17) is 0 Å². The molecule has 2 heteroatoms. The highest BCUT2D eigenvalue weighted by molar-refractivity contribution is 6.21. The Kier molecular flexibility index (Phi) is 3.23. The predicted octanol–water partition coefficient (Wildman–Crippen LogP) is 5.06. The highest BCUT2D eigenvalue weighted by atomic mass is 14.9. The van der Waals surface area contributed by atoms with Crippen LogP contribution in [0.15, 0.2) is 84.9 Å². The van der Waals surface area contributed by atoms with Crippen molar-refractivity contribution in [2.45, 2.75) is 0 Å². The molecular weight excluding hydrogens is 280 g/mol. The molecule has 108 valence electrons. The molecule has 0 aliphatic rings. The van der Waals surface area contributed by atoms with Crippen molar-refractivity contribution in [3.63, 3.8) is 0 Å². The summed E-state index contributed by atoms with van der Waals surface area (Å²) in [5.74, 6) is 0. The Balaban J connectivity index is 2.04. The van der Waals surface area contributed by atoms with Crippen LogP contribution in [0.2, 0.25) is 0 Å². The fraction of sp³-hybridized carbons (Fsp3) is 0. The predicted molar refractivity (Wildman–Crippen MR) is 94.7 cm³/mol. The Morgan fingerprint density at radius 1 is 0.565 bits per heavy atom. The summed E-state index contributed by atoms with van der Waals surface area (Å²) in [6, 6.07) is 28.4. The molecule has 0 aliphatic carbocycles. The van der Waals surface area contributed by atoms with Crippen LogP contribution in [0.3, 0.4) is 0 Å². The van der Waals surface area contributed by atoms with Gasteiger partial charge in [0.25, 0.3) is 0 Å². The van der Waals surface area contributed by atoms with E-state index in [-0.39, 0.29) is 0 Å². The number of hydrogen-bond acceptors (Lipinski definition) is 0. The number of rotatable bonds is 2. The molecule has 23 heavy (non-hydrogen) atoms. The van der Waals surface area contributed by atoms with Crippen molar-refractivity contribution in [1.29, 1.82) is 0 Å². The molecule has 0 aromatic heterocycles. The minimum atomic E-state index is 0.596. The molecule has 0 saturated carbocycles. The lowest BCUT2D eigenvalue weighted by molar-refractivity contribution is -0.00255. The van der Waals surface area contributed by atoms with Crippen LogP contribution in [0, 0.1) is 0 Å². The van der Waals surface area contributed by atoms with Crippen LogP contribution in [0.4, 0.5) is 0 Å². The minimum Gasteiger partial charge on any atom is -0.361 e. The smallest absolute Gasteiger partial charge is 0.330 e. The van der Waals surface area contributed by atoms with Crippen LogP contribution in [0.25, 0.3) is 27.1 Å². The molecular formula is C21H14N2. The van der Waals surface area contributed by atoms with Gasteiger partial charge in [0.1, 0.15) is 0 Å².